The Balaban J connectivity index is 2.01. The molecule has 0 spiro atoms. The Morgan fingerprint density at radius 1 is 1.38 bits per heavy atom. The number of anilines is 1. The Kier molecular flexibility index (Phi) is 2.23. The second-order valence-electron chi connectivity index (χ2n) is 4.49. The number of hydrogen-bond acceptors (Lipinski definition) is 4. The van der Waals surface area contributed by atoms with E-state index in [1.54, 1.807) is 12.7 Å². The Bertz CT molecular complexity index is 492. The largest absolute Gasteiger partial charge is 0.354 e. The van der Waals surface area contributed by atoms with Crippen LogP contribution in [0.2, 0.25) is 0 Å². The minimum atomic E-state index is 0.738. The molecule has 3 rings (SSSR count). The molecule has 0 saturated carbocycles. The minimum Gasteiger partial charge on any atom is -0.354 e. The summed E-state index contributed by atoms with van der Waals surface area (Å²) < 4.78 is 0. The third kappa shape index (κ3) is 1.52. The van der Waals surface area contributed by atoms with E-state index in [4.69, 9.17) is 0 Å². The molecule has 5 heteroatoms. The number of imidazole rings is 1. The summed E-state index contributed by atoms with van der Waals surface area (Å²) in [6.45, 7) is 4.44. The fraction of sp³-hybridized carbons (Fsp3) is 0.545. The van der Waals surface area contributed by atoms with E-state index in [2.05, 4.69) is 31.8 Å². The molecule has 1 aliphatic heterocycles. The number of aromatic amines is 1. The first-order valence-electron chi connectivity index (χ1n) is 5.73. The number of H-pyrrole nitrogens is 1. The lowest BCUT2D eigenvalue weighted by Crippen LogP contribution is -2.35. The number of piperidine rings is 1. The van der Waals surface area contributed by atoms with Gasteiger partial charge in [0.05, 0.1) is 6.33 Å². The average molecular weight is 217 g/mol. The van der Waals surface area contributed by atoms with E-state index in [0.29, 0.717) is 0 Å². The Hall–Kier alpha value is -1.65. The Morgan fingerprint density at radius 2 is 2.31 bits per heavy atom. The molecule has 3 heterocycles. The molecule has 0 aromatic carbocycles. The van der Waals surface area contributed by atoms with Crippen molar-refractivity contribution in [3.8, 4) is 0 Å². The third-order valence-corrected chi connectivity index (χ3v) is 3.16. The van der Waals surface area contributed by atoms with Gasteiger partial charge in [-0.15, -0.1) is 0 Å². The summed E-state index contributed by atoms with van der Waals surface area (Å²) in [5, 5.41) is 0. The summed E-state index contributed by atoms with van der Waals surface area (Å²) in [5.74, 6) is 1.73. The zero-order valence-corrected chi connectivity index (χ0v) is 9.35. The normalized spacial score (nSPS) is 21.6. The summed E-state index contributed by atoms with van der Waals surface area (Å²) in [7, 11) is 0. The molecule has 5 nitrogen and oxygen atoms in total. The molecule has 1 N–H and O–H groups in total. The van der Waals surface area contributed by atoms with E-state index in [1.165, 1.54) is 12.8 Å². The standard InChI is InChI=1S/C11H15N5/c1-8-3-2-4-16(5-8)11-9-10(13-6-12-9)14-7-15-11/h6-8H,2-5H2,1H3,(H,12,13,14,15)/t8-/m1/s1. The maximum absolute atomic E-state index is 4.38. The number of hydrogen-bond donors (Lipinski definition) is 1. The fourth-order valence-electron chi connectivity index (χ4n) is 2.37. The van der Waals surface area contributed by atoms with Crippen LogP contribution in [0.15, 0.2) is 12.7 Å². The first-order valence-corrected chi connectivity index (χ1v) is 5.73. The van der Waals surface area contributed by atoms with Gasteiger partial charge in [0.25, 0.3) is 0 Å². The van der Waals surface area contributed by atoms with E-state index in [-0.39, 0.29) is 0 Å². The average Bonchev–Trinajstić information content (AvgIpc) is 2.76. The highest BCUT2D eigenvalue weighted by atomic mass is 15.2. The predicted molar refractivity (Wildman–Crippen MR) is 62.3 cm³/mol. The monoisotopic (exact) mass is 217 g/mol. The number of nitrogens with one attached hydrogen (secondary N) is 1. The molecule has 0 bridgehead atoms. The molecule has 0 amide bonds. The topological polar surface area (TPSA) is 57.7 Å². The van der Waals surface area contributed by atoms with Gasteiger partial charge in [0.1, 0.15) is 11.8 Å². The number of nitrogens with zero attached hydrogens (tertiary/aromatic N) is 4. The third-order valence-electron chi connectivity index (χ3n) is 3.16. The lowest BCUT2D eigenvalue weighted by atomic mass is 10.0. The second kappa shape index (κ2) is 3.73. The zero-order chi connectivity index (χ0) is 11.0. The maximum Gasteiger partial charge on any atom is 0.182 e. The molecule has 84 valence electrons. The quantitative estimate of drug-likeness (QED) is 0.788. The van der Waals surface area contributed by atoms with Crippen LogP contribution in [0.4, 0.5) is 5.82 Å². The van der Waals surface area contributed by atoms with Crippen molar-refractivity contribution < 1.29 is 0 Å². The molecule has 1 atom stereocenters. The molecule has 16 heavy (non-hydrogen) atoms. The van der Waals surface area contributed by atoms with Crippen LogP contribution in [-0.2, 0) is 0 Å². The predicted octanol–water partition coefficient (Wildman–Crippen LogP) is 1.59. The molecular formula is C11H15N5. The van der Waals surface area contributed by atoms with E-state index >= 15 is 0 Å². The highest BCUT2D eigenvalue weighted by Gasteiger charge is 2.20. The van der Waals surface area contributed by atoms with Crippen LogP contribution >= 0.6 is 0 Å². The molecule has 1 fully saturated rings. The highest BCUT2D eigenvalue weighted by molar-refractivity contribution is 5.82. The number of fused-ring (bicyclic) bond motifs is 1. The van der Waals surface area contributed by atoms with Crippen LogP contribution in [0.25, 0.3) is 11.2 Å². The van der Waals surface area contributed by atoms with Gasteiger partial charge < -0.3 is 9.88 Å². The van der Waals surface area contributed by atoms with Crippen LogP contribution in [0.1, 0.15) is 19.8 Å². The van der Waals surface area contributed by atoms with Crippen molar-refractivity contribution in [2.75, 3.05) is 18.0 Å². The van der Waals surface area contributed by atoms with Crippen LogP contribution in [0, 0.1) is 5.92 Å². The molecule has 0 aliphatic carbocycles. The van der Waals surface area contributed by atoms with Gasteiger partial charge in [-0.05, 0) is 18.8 Å². The number of rotatable bonds is 1. The molecular weight excluding hydrogens is 202 g/mol. The molecule has 1 saturated heterocycles. The SMILES string of the molecule is C[C@@H]1CCCN(c2ncnc3nc[nH]c23)C1. The summed E-state index contributed by atoms with van der Waals surface area (Å²) in [5.41, 5.74) is 1.71. The van der Waals surface area contributed by atoms with Crippen molar-refractivity contribution in [3.63, 3.8) is 0 Å². The van der Waals surface area contributed by atoms with Crippen molar-refractivity contribution in [2.24, 2.45) is 5.92 Å². The summed E-state index contributed by atoms with van der Waals surface area (Å²) >= 11 is 0. The van der Waals surface area contributed by atoms with E-state index in [0.717, 1.165) is 36.0 Å². The smallest absolute Gasteiger partial charge is 0.182 e. The van der Waals surface area contributed by atoms with Gasteiger partial charge in [-0.2, -0.15) is 0 Å². The number of aromatic nitrogens is 4. The van der Waals surface area contributed by atoms with Gasteiger partial charge in [-0.25, -0.2) is 15.0 Å². The highest BCUT2D eigenvalue weighted by Crippen LogP contribution is 2.25. The van der Waals surface area contributed by atoms with Gasteiger partial charge in [0.2, 0.25) is 0 Å². The lowest BCUT2D eigenvalue weighted by Gasteiger charge is -2.31. The lowest BCUT2D eigenvalue weighted by molar-refractivity contribution is 0.445. The van der Waals surface area contributed by atoms with Gasteiger partial charge >= 0.3 is 0 Å². The molecule has 0 radical (unpaired) electrons. The Morgan fingerprint density at radius 3 is 3.19 bits per heavy atom. The molecule has 0 unspecified atom stereocenters. The van der Waals surface area contributed by atoms with Crippen LogP contribution in [0.5, 0.6) is 0 Å². The van der Waals surface area contributed by atoms with Crippen LogP contribution in [0.3, 0.4) is 0 Å². The fourth-order valence-corrected chi connectivity index (χ4v) is 2.37. The van der Waals surface area contributed by atoms with Crippen molar-refractivity contribution in [2.45, 2.75) is 19.8 Å². The summed E-state index contributed by atoms with van der Waals surface area (Å²) in [6.07, 6.45) is 5.82. The second-order valence-corrected chi connectivity index (χ2v) is 4.49. The first kappa shape index (κ1) is 9.57. The summed E-state index contributed by atoms with van der Waals surface area (Å²) in [4.78, 5) is 18.1. The van der Waals surface area contributed by atoms with Crippen molar-refractivity contribution in [1.29, 1.82) is 0 Å². The van der Waals surface area contributed by atoms with Crippen molar-refractivity contribution in [3.05, 3.63) is 12.7 Å². The summed E-state index contributed by atoms with van der Waals surface area (Å²) in [6, 6.07) is 0. The van der Waals surface area contributed by atoms with Crippen LogP contribution < -0.4 is 4.90 Å². The van der Waals surface area contributed by atoms with Crippen molar-refractivity contribution in [1.82, 2.24) is 19.9 Å². The molecule has 2 aromatic heterocycles. The van der Waals surface area contributed by atoms with E-state index in [9.17, 15) is 0 Å². The minimum absolute atomic E-state index is 0.738. The maximum atomic E-state index is 4.38. The van der Waals surface area contributed by atoms with Gasteiger partial charge in [0.15, 0.2) is 11.5 Å². The van der Waals surface area contributed by atoms with E-state index < -0.39 is 0 Å². The first-order chi connectivity index (χ1) is 7.84. The van der Waals surface area contributed by atoms with Crippen molar-refractivity contribution >= 4 is 17.0 Å². The van der Waals surface area contributed by atoms with Crippen LogP contribution in [-0.4, -0.2) is 33.0 Å². The molecule has 1 aliphatic rings. The molecule has 2 aromatic rings. The van der Waals surface area contributed by atoms with E-state index in [1.807, 2.05) is 0 Å². The Labute approximate surface area is 93.9 Å². The van der Waals surface area contributed by atoms with Gasteiger partial charge in [-0.3, -0.25) is 0 Å². The zero-order valence-electron chi connectivity index (χ0n) is 9.35. The van der Waals surface area contributed by atoms with Gasteiger partial charge in [0, 0.05) is 13.1 Å². The van der Waals surface area contributed by atoms with Gasteiger partial charge in [-0.1, -0.05) is 6.92 Å².